The van der Waals surface area contributed by atoms with Crippen LogP contribution in [0.1, 0.15) is 25.7 Å². The van der Waals surface area contributed by atoms with Crippen LogP contribution in [0.2, 0.25) is 0 Å². The fraction of sp³-hybridized carbons (Fsp3) is 0.550. The Kier molecular flexibility index (Phi) is 8.88. The minimum absolute atomic E-state index is 0.0213. The predicted molar refractivity (Wildman–Crippen MR) is 117 cm³/mol. The van der Waals surface area contributed by atoms with Crippen molar-refractivity contribution in [3.05, 3.63) is 34.4 Å². The number of nitro benzene ring substituents is 1. The number of hydrogen-bond donors (Lipinski definition) is 3. The molecule has 3 rings (SSSR count). The summed E-state index contributed by atoms with van der Waals surface area (Å²) in [4.78, 5) is 24.0. The fourth-order valence-electron chi connectivity index (χ4n) is 3.27. The highest BCUT2D eigenvalue weighted by Gasteiger charge is 2.17. The van der Waals surface area contributed by atoms with Gasteiger partial charge >= 0.3 is 0 Å². The molecule has 1 aromatic carbocycles. The zero-order valence-corrected chi connectivity index (χ0v) is 17.5. The predicted octanol–water partition coefficient (Wildman–Crippen LogP) is 2.21. The molecule has 0 atom stereocenters. The minimum Gasteiger partial charge on any atom is -0.378 e. The normalized spacial score (nSPS) is 14.0. The quantitative estimate of drug-likeness (QED) is 0.245. The van der Waals surface area contributed by atoms with Crippen molar-refractivity contribution >= 4 is 17.6 Å². The number of ether oxygens (including phenoxy) is 2. The van der Waals surface area contributed by atoms with Gasteiger partial charge in [0.15, 0.2) is 5.82 Å². The Morgan fingerprint density at radius 1 is 1.00 bits per heavy atom. The Bertz CT molecular complexity index is 829. The highest BCUT2D eigenvalue weighted by atomic mass is 16.6. The number of aromatic nitrogens is 3. The van der Waals surface area contributed by atoms with E-state index in [-0.39, 0.29) is 5.69 Å². The maximum atomic E-state index is 10.9. The molecule has 1 aliphatic rings. The van der Waals surface area contributed by atoms with Crippen molar-refractivity contribution < 1.29 is 14.4 Å². The summed E-state index contributed by atoms with van der Waals surface area (Å²) in [6.07, 6.45) is 4.55. The lowest BCUT2D eigenvalue weighted by Crippen LogP contribution is -2.19. The van der Waals surface area contributed by atoms with E-state index >= 15 is 0 Å². The van der Waals surface area contributed by atoms with Crippen LogP contribution in [0.4, 0.5) is 17.6 Å². The standard InChI is InChI=1S/C20H29N7O4/c21-9-11-30-13-14-31-12-10-22-19-24-18(15-5-7-17(8-6-15)27(28)29)25-20(26-19)23-16-3-1-2-4-16/h5-8,16H,1-4,9-14,21H2,(H2,22,23,24,25,26). The molecular formula is C20H29N7O4. The third-order valence-electron chi connectivity index (χ3n) is 4.82. The van der Waals surface area contributed by atoms with Gasteiger partial charge in [0, 0.05) is 36.8 Å². The molecule has 1 heterocycles. The first-order chi connectivity index (χ1) is 15.2. The molecule has 0 spiro atoms. The summed E-state index contributed by atoms with van der Waals surface area (Å²) in [5, 5.41) is 17.5. The van der Waals surface area contributed by atoms with E-state index in [1.54, 1.807) is 12.1 Å². The number of nitrogens with zero attached hydrogens (tertiary/aromatic N) is 4. The van der Waals surface area contributed by atoms with Gasteiger partial charge in [-0.1, -0.05) is 12.8 Å². The van der Waals surface area contributed by atoms with Gasteiger partial charge < -0.3 is 25.8 Å². The van der Waals surface area contributed by atoms with Crippen molar-refractivity contribution in [2.45, 2.75) is 31.7 Å². The number of rotatable bonds is 13. The van der Waals surface area contributed by atoms with Crippen LogP contribution in [0.3, 0.4) is 0 Å². The number of non-ortho nitro benzene ring substituents is 1. The van der Waals surface area contributed by atoms with Crippen molar-refractivity contribution in [1.29, 1.82) is 0 Å². The van der Waals surface area contributed by atoms with Crippen molar-refractivity contribution in [3.8, 4) is 11.4 Å². The molecule has 1 saturated carbocycles. The number of benzene rings is 1. The van der Waals surface area contributed by atoms with Gasteiger partial charge in [-0.2, -0.15) is 15.0 Å². The second kappa shape index (κ2) is 12.1. The number of nitro groups is 1. The summed E-state index contributed by atoms with van der Waals surface area (Å²) in [6.45, 7) is 2.99. The topological polar surface area (TPSA) is 150 Å². The minimum atomic E-state index is -0.432. The van der Waals surface area contributed by atoms with Gasteiger partial charge in [-0.25, -0.2) is 0 Å². The van der Waals surface area contributed by atoms with Gasteiger partial charge in [0.25, 0.3) is 5.69 Å². The van der Waals surface area contributed by atoms with E-state index in [2.05, 4.69) is 25.6 Å². The summed E-state index contributed by atoms with van der Waals surface area (Å²) in [5.74, 6) is 1.37. The SMILES string of the molecule is NCCOCCOCCNc1nc(NC2CCCC2)nc(-c2ccc([N+](=O)[O-])cc2)n1. The van der Waals surface area contributed by atoms with Crippen LogP contribution in [0.25, 0.3) is 11.4 Å². The summed E-state index contributed by atoms with van der Waals surface area (Å²) in [6, 6.07) is 6.51. The molecule has 0 bridgehead atoms. The Labute approximate surface area is 180 Å². The molecule has 1 fully saturated rings. The van der Waals surface area contributed by atoms with Crippen LogP contribution in [0, 0.1) is 10.1 Å². The molecule has 0 radical (unpaired) electrons. The van der Waals surface area contributed by atoms with Gasteiger partial charge in [-0.3, -0.25) is 10.1 Å². The Hall–Kier alpha value is -2.89. The van der Waals surface area contributed by atoms with E-state index in [0.717, 1.165) is 12.8 Å². The van der Waals surface area contributed by atoms with E-state index in [1.807, 2.05) is 0 Å². The van der Waals surface area contributed by atoms with Crippen molar-refractivity contribution in [2.24, 2.45) is 5.73 Å². The highest BCUT2D eigenvalue weighted by molar-refractivity contribution is 5.60. The van der Waals surface area contributed by atoms with E-state index in [9.17, 15) is 10.1 Å². The van der Waals surface area contributed by atoms with Crippen LogP contribution in [0.15, 0.2) is 24.3 Å². The fourth-order valence-corrected chi connectivity index (χ4v) is 3.27. The summed E-state index contributed by atoms with van der Waals surface area (Å²) in [5.41, 5.74) is 6.06. The molecule has 11 heteroatoms. The van der Waals surface area contributed by atoms with Crippen molar-refractivity contribution in [1.82, 2.24) is 15.0 Å². The van der Waals surface area contributed by atoms with Gasteiger partial charge in [0.2, 0.25) is 11.9 Å². The summed E-state index contributed by atoms with van der Waals surface area (Å²) >= 11 is 0. The first-order valence-corrected chi connectivity index (χ1v) is 10.5. The summed E-state index contributed by atoms with van der Waals surface area (Å²) in [7, 11) is 0. The Balaban J connectivity index is 1.64. The molecule has 2 aromatic rings. The molecule has 0 aliphatic heterocycles. The first kappa shape index (κ1) is 22.8. The number of hydrogen-bond acceptors (Lipinski definition) is 10. The molecule has 1 aliphatic carbocycles. The lowest BCUT2D eigenvalue weighted by molar-refractivity contribution is -0.384. The molecule has 4 N–H and O–H groups in total. The third kappa shape index (κ3) is 7.39. The molecule has 11 nitrogen and oxygen atoms in total. The molecule has 0 unspecified atom stereocenters. The molecule has 1 aromatic heterocycles. The maximum absolute atomic E-state index is 10.9. The Morgan fingerprint density at radius 3 is 2.35 bits per heavy atom. The number of nitrogens with one attached hydrogen (secondary N) is 2. The molecular weight excluding hydrogens is 402 g/mol. The van der Waals surface area contributed by atoms with Crippen molar-refractivity contribution in [2.75, 3.05) is 50.2 Å². The van der Waals surface area contributed by atoms with Crippen LogP contribution in [-0.4, -0.2) is 65.4 Å². The van der Waals surface area contributed by atoms with Gasteiger partial charge in [-0.05, 0) is 25.0 Å². The largest absolute Gasteiger partial charge is 0.378 e. The van der Waals surface area contributed by atoms with Gasteiger partial charge in [0.05, 0.1) is 31.4 Å². The average Bonchev–Trinajstić information content (AvgIpc) is 3.28. The summed E-state index contributed by atoms with van der Waals surface area (Å²) < 4.78 is 10.8. The lowest BCUT2D eigenvalue weighted by Gasteiger charge is -2.14. The molecule has 168 valence electrons. The maximum Gasteiger partial charge on any atom is 0.269 e. The van der Waals surface area contributed by atoms with Crippen LogP contribution < -0.4 is 16.4 Å². The third-order valence-corrected chi connectivity index (χ3v) is 4.82. The van der Waals surface area contributed by atoms with E-state index in [1.165, 1.54) is 25.0 Å². The van der Waals surface area contributed by atoms with Crippen LogP contribution in [0.5, 0.6) is 0 Å². The lowest BCUT2D eigenvalue weighted by atomic mass is 10.2. The van der Waals surface area contributed by atoms with E-state index in [4.69, 9.17) is 15.2 Å². The smallest absolute Gasteiger partial charge is 0.269 e. The number of anilines is 2. The highest BCUT2D eigenvalue weighted by Crippen LogP contribution is 2.24. The molecule has 0 saturated heterocycles. The van der Waals surface area contributed by atoms with E-state index in [0.29, 0.717) is 68.8 Å². The first-order valence-electron chi connectivity index (χ1n) is 10.5. The zero-order chi connectivity index (χ0) is 21.9. The van der Waals surface area contributed by atoms with E-state index < -0.39 is 4.92 Å². The van der Waals surface area contributed by atoms with Gasteiger partial charge in [0.1, 0.15) is 0 Å². The van der Waals surface area contributed by atoms with Crippen LogP contribution >= 0.6 is 0 Å². The second-order valence-electron chi connectivity index (χ2n) is 7.18. The average molecular weight is 431 g/mol. The molecule has 0 amide bonds. The van der Waals surface area contributed by atoms with Gasteiger partial charge in [-0.15, -0.1) is 0 Å². The second-order valence-corrected chi connectivity index (χ2v) is 7.18. The monoisotopic (exact) mass is 431 g/mol. The zero-order valence-electron chi connectivity index (χ0n) is 17.5. The Morgan fingerprint density at radius 2 is 1.68 bits per heavy atom. The number of nitrogens with two attached hydrogens (primary N) is 1. The van der Waals surface area contributed by atoms with Crippen LogP contribution in [-0.2, 0) is 9.47 Å². The van der Waals surface area contributed by atoms with Crippen molar-refractivity contribution in [3.63, 3.8) is 0 Å². The molecule has 31 heavy (non-hydrogen) atoms.